The van der Waals surface area contributed by atoms with Gasteiger partial charge < -0.3 is 14.6 Å². The monoisotopic (exact) mass is 272 g/mol. The number of benzene rings is 1. The standard InChI is InChI=1S/C15H20N4O/c1-10-8-12(3)13(9-11(10)2)14-17-18-15(20-14)19-6-4-16-5-7-19/h8-9,16H,4-7H2,1-3H3. The van der Waals surface area contributed by atoms with E-state index in [9.17, 15) is 0 Å². The summed E-state index contributed by atoms with van der Waals surface area (Å²) in [6, 6.07) is 4.91. The Balaban J connectivity index is 1.91. The van der Waals surface area contributed by atoms with E-state index in [-0.39, 0.29) is 0 Å². The van der Waals surface area contributed by atoms with Gasteiger partial charge in [-0.3, -0.25) is 0 Å². The Morgan fingerprint density at radius 3 is 2.45 bits per heavy atom. The van der Waals surface area contributed by atoms with Crippen LogP contribution in [0.15, 0.2) is 16.5 Å². The van der Waals surface area contributed by atoms with E-state index in [1.807, 2.05) is 0 Å². The van der Waals surface area contributed by atoms with Crippen LogP contribution >= 0.6 is 0 Å². The number of hydrogen-bond acceptors (Lipinski definition) is 5. The molecule has 1 fully saturated rings. The Bertz CT molecular complexity index is 614. The number of anilines is 1. The summed E-state index contributed by atoms with van der Waals surface area (Å²) in [6.07, 6.45) is 0. The lowest BCUT2D eigenvalue weighted by molar-refractivity contribution is 0.505. The van der Waals surface area contributed by atoms with Crippen molar-refractivity contribution in [1.29, 1.82) is 0 Å². The van der Waals surface area contributed by atoms with Crippen LogP contribution in [0.3, 0.4) is 0 Å². The van der Waals surface area contributed by atoms with Crippen molar-refractivity contribution in [2.75, 3.05) is 31.1 Å². The topological polar surface area (TPSA) is 54.2 Å². The number of rotatable bonds is 2. The van der Waals surface area contributed by atoms with Gasteiger partial charge in [-0.2, -0.15) is 0 Å². The zero-order valence-corrected chi connectivity index (χ0v) is 12.2. The molecule has 1 aliphatic heterocycles. The van der Waals surface area contributed by atoms with Gasteiger partial charge in [0, 0.05) is 31.7 Å². The highest BCUT2D eigenvalue weighted by molar-refractivity contribution is 5.61. The lowest BCUT2D eigenvalue weighted by Crippen LogP contribution is -2.43. The first kappa shape index (κ1) is 13.1. The second-order valence-corrected chi connectivity index (χ2v) is 5.38. The average Bonchev–Trinajstić information content (AvgIpc) is 2.93. The third-order valence-corrected chi connectivity index (χ3v) is 3.87. The van der Waals surface area contributed by atoms with E-state index in [0.717, 1.165) is 31.7 Å². The second-order valence-electron chi connectivity index (χ2n) is 5.38. The summed E-state index contributed by atoms with van der Waals surface area (Å²) in [6.45, 7) is 10.0. The minimum Gasteiger partial charge on any atom is -0.403 e. The fourth-order valence-electron chi connectivity index (χ4n) is 2.50. The molecular weight excluding hydrogens is 252 g/mol. The third kappa shape index (κ3) is 2.41. The minimum absolute atomic E-state index is 0.610. The maximum atomic E-state index is 5.86. The predicted octanol–water partition coefficient (Wildman–Crippen LogP) is 2.07. The summed E-state index contributed by atoms with van der Waals surface area (Å²) in [5.41, 5.74) is 4.73. The van der Waals surface area contributed by atoms with Crippen LogP contribution in [0.1, 0.15) is 16.7 Å². The highest BCUT2D eigenvalue weighted by Gasteiger charge is 2.18. The van der Waals surface area contributed by atoms with Gasteiger partial charge in [-0.05, 0) is 43.5 Å². The van der Waals surface area contributed by atoms with Crippen molar-refractivity contribution in [1.82, 2.24) is 15.5 Å². The Morgan fingerprint density at radius 1 is 1.00 bits per heavy atom. The molecule has 5 heteroatoms. The van der Waals surface area contributed by atoms with Crippen LogP contribution in [0.2, 0.25) is 0 Å². The maximum absolute atomic E-state index is 5.86. The summed E-state index contributed by atoms with van der Waals surface area (Å²) >= 11 is 0. The lowest BCUT2D eigenvalue weighted by Gasteiger charge is -2.24. The minimum atomic E-state index is 0.610. The zero-order chi connectivity index (χ0) is 14.1. The largest absolute Gasteiger partial charge is 0.403 e. The average molecular weight is 272 g/mol. The van der Waals surface area contributed by atoms with Crippen LogP contribution in [-0.2, 0) is 0 Å². The van der Waals surface area contributed by atoms with Gasteiger partial charge in [-0.15, -0.1) is 5.10 Å². The van der Waals surface area contributed by atoms with Crippen molar-refractivity contribution < 1.29 is 4.42 Å². The molecule has 0 atom stereocenters. The van der Waals surface area contributed by atoms with Gasteiger partial charge in [0.25, 0.3) is 0 Å². The van der Waals surface area contributed by atoms with Gasteiger partial charge in [0.15, 0.2) is 0 Å². The van der Waals surface area contributed by atoms with Crippen molar-refractivity contribution in [3.63, 3.8) is 0 Å². The van der Waals surface area contributed by atoms with Crippen LogP contribution in [0.25, 0.3) is 11.5 Å². The molecule has 20 heavy (non-hydrogen) atoms. The van der Waals surface area contributed by atoms with Gasteiger partial charge >= 0.3 is 6.01 Å². The number of nitrogens with zero attached hydrogens (tertiary/aromatic N) is 3. The molecule has 0 radical (unpaired) electrons. The predicted molar refractivity (Wildman–Crippen MR) is 79.0 cm³/mol. The molecule has 1 saturated heterocycles. The Hall–Kier alpha value is -1.88. The van der Waals surface area contributed by atoms with Crippen molar-refractivity contribution >= 4 is 6.01 Å². The first-order valence-corrected chi connectivity index (χ1v) is 7.02. The fraction of sp³-hybridized carbons (Fsp3) is 0.467. The SMILES string of the molecule is Cc1cc(C)c(-c2nnc(N3CCNCC3)o2)cc1C. The Morgan fingerprint density at radius 2 is 1.70 bits per heavy atom. The molecule has 0 spiro atoms. The van der Waals surface area contributed by atoms with Crippen molar-refractivity contribution in [2.24, 2.45) is 0 Å². The van der Waals surface area contributed by atoms with Crippen molar-refractivity contribution in [3.8, 4) is 11.5 Å². The molecule has 3 rings (SSSR count). The number of aromatic nitrogens is 2. The fourth-order valence-corrected chi connectivity index (χ4v) is 2.50. The third-order valence-electron chi connectivity index (χ3n) is 3.87. The Kier molecular flexibility index (Phi) is 3.44. The zero-order valence-electron chi connectivity index (χ0n) is 12.2. The van der Waals surface area contributed by atoms with Gasteiger partial charge in [0.1, 0.15) is 0 Å². The highest BCUT2D eigenvalue weighted by atomic mass is 16.4. The molecule has 0 bridgehead atoms. The first-order valence-electron chi connectivity index (χ1n) is 7.02. The number of aryl methyl sites for hydroxylation is 3. The number of hydrogen-bond donors (Lipinski definition) is 1. The van der Waals surface area contributed by atoms with Gasteiger partial charge in [0.2, 0.25) is 5.89 Å². The molecule has 0 amide bonds. The molecule has 1 aromatic carbocycles. The Labute approximate surface area is 119 Å². The highest BCUT2D eigenvalue weighted by Crippen LogP contribution is 2.27. The van der Waals surface area contributed by atoms with Gasteiger partial charge in [-0.25, -0.2) is 0 Å². The second kappa shape index (κ2) is 5.25. The lowest BCUT2D eigenvalue weighted by atomic mass is 10.0. The summed E-state index contributed by atoms with van der Waals surface area (Å²) in [5, 5.41) is 11.7. The van der Waals surface area contributed by atoms with E-state index in [4.69, 9.17) is 4.42 Å². The maximum Gasteiger partial charge on any atom is 0.318 e. The molecule has 1 N–H and O–H groups in total. The van der Waals surface area contributed by atoms with E-state index in [0.29, 0.717) is 11.9 Å². The molecule has 0 aliphatic carbocycles. The van der Waals surface area contributed by atoms with Gasteiger partial charge in [0.05, 0.1) is 0 Å². The van der Waals surface area contributed by atoms with Crippen LogP contribution < -0.4 is 10.2 Å². The quantitative estimate of drug-likeness (QED) is 0.907. The summed E-state index contributed by atoms with van der Waals surface area (Å²) in [5.74, 6) is 0.610. The van der Waals surface area contributed by atoms with E-state index in [1.54, 1.807) is 0 Å². The van der Waals surface area contributed by atoms with E-state index in [2.05, 4.69) is 53.3 Å². The van der Waals surface area contributed by atoms with Crippen LogP contribution in [0.4, 0.5) is 6.01 Å². The van der Waals surface area contributed by atoms with E-state index >= 15 is 0 Å². The number of nitrogens with one attached hydrogen (secondary N) is 1. The summed E-state index contributed by atoms with van der Waals surface area (Å²) in [4.78, 5) is 2.13. The molecule has 1 aromatic heterocycles. The summed E-state index contributed by atoms with van der Waals surface area (Å²) < 4.78 is 5.86. The van der Waals surface area contributed by atoms with Crippen molar-refractivity contribution in [2.45, 2.75) is 20.8 Å². The van der Waals surface area contributed by atoms with Crippen LogP contribution in [-0.4, -0.2) is 36.4 Å². The van der Waals surface area contributed by atoms with Crippen LogP contribution in [0, 0.1) is 20.8 Å². The molecule has 2 heterocycles. The molecule has 106 valence electrons. The van der Waals surface area contributed by atoms with Crippen LogP contribution in [0.5, 0.6) is 0 Å². The normalized spacial score (nSPS) is 15.7. The van der Waals surface area contributed by atoms with E-state index < -0.39 is 0 Å². The molecular formula is C15H20N4O. The first-order chi connectivity index (χ1) is 9.65. The molecule has 2 aromatic rings. The molecule has 0 unspecified atom stereocenters. The number of piperazine rings is 1. The smallest absolute Gasteiger partial charge is 0.318 e. The van der Waals surface area contributed by atoms with Gasteiger partial charge in [-0.1, -0.05) is 11.2 Å². The molecule has 0 saturated carbocycles. The summed E-state index contributed by atoms with van der Waals surface area (Å²) in [7, 11) is 0. The van der Waals surface area contributed by atoms with E-state index in [1.165, 1.54) is 16.7 Å². The van der Waals surface area contributed by atoms with Crippen molar-refractivity contribution in [3.05, 3.63) is 28.8 Å². The molecule has 5 nitrogen and oxygen atoms in total. The molecule has 1 aliphatic rings.